The van der Waals surface area contributed by atoms with E-state index in [1.165, 1.54) is 12.8 Å². The molecule has 1 aromatic carbocycles. The Labute approximate surface area is 119 Å². The van der Waals surface area contributed by atoms with E-state index < -0.39 is 0 Å². The molecule has 1 fully saturated rings. The molecule has 1 aliphatic rings. The molecule has 0 aliphatic carbocycles. The normalized spacial score (nSPS) is 17.2. The number of methoxy groups -OCH3 is 1. The molecule has 4 nitrogen and oxygen atoms in total. The third-order valence-corrected chi connectivity index (χ3v) is 4.15. The van der Waals surface area contributed by atoms with Crippen LogP contribution < -0.4 is 4.74 Å². The van der Waals surface area contributed by atoms with Crippen molar-refractivity contribution in [2.75, 3.05) is 20.2 Å². The summed E-state index contributed by atoms with van der Waals surface area (Å²) in [5.74, 6) is 0.836. The molecule has 2 aromatic rings. The van der Waals surface area contributed by atoms with Gasteiger partial charge in [0.25, 0.3) is 0 Å². The first-order valence-electron chi connectivity index (χ1n) is 7.01. The van der Waals surface area contributed by atoms with Crippen LogP contribution in [0.1, 0.15) is 24.4 Å². The van der Waals surface area contributed by atoms with Crippen LogP contribution in [0.25, 0.3) is 10.9 Å². The van der Waals surface area contributed by atoms with Crippen LogP contribution in [-0.2, 0) is 7.05 Å². The molecule has 1 atom stereocenters. The Kier molecular flexibility index (Phi) is 3.37. The van der Waals surface area contributed by atoms with Gasteiger partial charge in [0, 0.05) is 29.7 Å². The number of nitriles is 1. The number of aryl methyl sites for hydroxylation is 1. The maximum Gasteiger partial charge on any atom is 0.125 e. The molecule has 0 bridgehead atoms. The van der Waals surface area contributed by atoms with Gasteiger partial charge >= 0.3 is 0 Å². The van der Waals surface area contributed by atoms with Crippen molar-refractivity contribution >= 4 is 10.9 Å². The summed E-state index contributed by atoms with van der Waals surface area (Å²) in [7, 11) is 3.70. The second-order valence-corrected chi connectivity index (χ2v) is 5.35. The van der Waals surface area contributed by atoms with Crippen molar-refractivity contribution in [3.8, 4) is 11.8 Å². The molecule has 20 heavy (non-hydrogen) atoms. The van der Waals surface area contributed by atoms with E-state index in [9.17, 15) is 5.26 Å². The second kappa shape index (κ2) is 5.18. The molecule has 0 spiro atoms. The Morgan fingerprint density at radius 3 is 2.70 bits per heavy atom. The fourth-order valence-corrected chi connectivity index (χ4v) is 3.09. The summed E-state index contributed by atoms with van der Waals surface area (Å²) in [6.07, 6.45) is 4.45. The number of likely N-dealkylation sites (tertiary alicyclic amines) is 1. The Balaban J connectivity index is 2.11. The van der Waals surface area contributed by atoms with Crippen molar-refractivity contribution in [2.24, 2.45) is 7.05 Å². The molecular weight excluding hydrogens is 250 g/mol. The Hall–Kier alpha value is -1.99. The van der Waals surface area contributed by atoms with Gasteiger partial charge in [-0.15, -0.1) is 0 Å². The number of ether oxygens (including phenoxy) is 1. The molecule has 104 valence electrons. The summed E-state index contributed by atoms with van der Waals surface area (Å²) < 4.78 is 7.41. The van der Waals surface area contributed by atoms with Gasteiger partial charge in [0.05, 0.1) is 13.2 Å². The fourth-order valence-electron chi connectivity index (χ4n) is 3.09. The van der Waals surface area contributed by atoms with E-state index in [2.05, 4.69) is 27.8 Å². The largest absolute Gasteiger partial charge is 0.497 e. The molecule has 1 aliphatic heterocycles. The standard InChI is InChI=1S/C16H19N3O/c1-18-11-14(16(10-17)19-7-3-4-8-19)13-9-12(20-2)5-6-15(13)18/h5-6,9,11,16H,3-4,7-8H2,1-2H3. The van der Waals surface area contributed by atoms with Gasteiger partial charge in [0.15, 0.2) is 0 Å². The zero-order chi connectivity index (χ0) is 14.1. The average Bonchev–Trinajstić information content (AvgIpc) is 3.09. The zero-order valence-corrected chi connectivity index (χ0v) is 12.0. The van der Waals surface area contributed by atoms with E-state index in [1.54, 1.807) is 7.11 Å². The quantitative estimate of drug-likeness (QED) is 0.860. The number of hydrogen-bond donors (Lipinski definition) is 0. The maximum atomic E-state index is 9.60. The van der Waals surface area contributed by atoms with Crippen molar-refractivity contribution in [1.29, 1.82) is 5.26 Å². The van der Waals surface area contributed by atoms with Gasteiger partial charge in [-0.25, -0.2) is 0 Å². The molecule has 0 N–H and O–H groups in total. The number of nitrogens with zero attached hydrogens (tertiary/aromatic N) is 3. The molecular formula is C16H19N3O. The van der Waals surface area contributed by atoms with Gasteiger partial charge in [-0.3, -0.25) is 4.90 Å². The van der Waals surface area contributed by atoms with Crippen LogP contribution in [0, 0.1) is 11.3 Å². The number of aromatic nitrogens is 1. The van der Waals surface area contributed by atoms with Gasteiger partial charge in [0.1, 0.15) is 11.8 Å². The van der Waals surface area contributed by atoms with Crippen LogP contribution in [0.5, 0.6) is 5.75 Å². The monoisotopic (exact) mass is 269 g/mol. The van der Waals surface area contributed by atoms with Crippen LogP contribution in [0.2, 0.25) is 0 Å². The number of fused-ring (bicyclic) bond motifs is 1. The highest BCUT2D eigenvalue weighted by Gasteiger charge is 2.26. The molecule has 1 saturated heterocycles. The SMILES string of the molecule is COc1ccc2c(c1)c(C(C#N)N1CCCC1)cn2C. The van der Waals surface area contributed by atoms with Gasteiger partial charge in [-0.2, -0.15) is 5.26 Å². The predicted molar refractivity (Wildman–Crippen MR) is 78.6 cm³/mol. The third-order valence-electron chi connectivity index (χ3n) is 4.15. The lowest BCUT2D eigenvalue weighted by atomic mass is 10.1. The molecule has 4 heteroatoms. The van der Waals surface area contributed by atoms with Crippen molar-refractivity contribution in [2.45, 2.75) is 18.9 Å². The van der Waals surface area contributed by atoms with Crippen LogP contribution in [-0.4, -0.2) is 29.7 Å². The van der Waals surface area contributed by atoms with E-state index in [0.29, 0.717) is 0 Å². The topological polar surface area (TPSA) is 41.2 Å². The van der Waals surface area contributed by atoms with E-state index in [4.69, 9.17) is 4.74 Å². The summed E-state index contributed by atoms with van der Waals surface area (Å²) in [6.45, 7) is 2.02. The van der Waals surface area contributed by atoms with Crippen molar-refractivity contribution in [3.05, 3.63) is 30.0 Å². The molecule has 1 unspecified atom stereocenters. The first kappa shape index (κ1) is 13.0. The van der Waals surface area contributed by atoms with Crippen LogP contribution in [0.3, 0.4) is 0 Å². The fraction of sp³-hybridized carbons (Fsp3) is 0.438. The Morgan fingerprint density at radius 2 is 2.05 bits per heavy atom. The van der Waals surface area contributed by atoms with E-state index >= 15 is 0 Å². The molecule has 2 heterocycles. The smallest absolute Gasteiger partial charge is 0.125 e. The summed E-state index contributed by atoms with van der Waals surface area (Å²) >= 11 is 0. The average molecular weight is 269 g/mol. The highest BCUT2D eigenvalue weighted by Crippen LogP contribution is 2.33. The zero-order valence-electron chi connectivity index (χ0n) is 12.0. The molecule has 1 aromatic heterocycles. The van der Waals surface area contributed by atoms with Crippen molar-refractivity contribution in [1.82, 2.24) is 9.47 Å². The summed E-state index contributed by atoms with van der Waals surface area (Å²) in [5.41, 5.74) is 2.23. The number of benzene rings is 1. The lowest BCUT2D eigenvalue weighted by molar-refractivity contribution is 0.295. The second-order valence-electron chi connectivity index (χ2n) is 5.35. The minimum Gasteiger partial charge on any atom is -0.497 e. The van der Waals surface area contributed by atoms with E-state index in [-0.39, 0.29) is 6.04 Å². The first-order chi connectivity index (χ1) is 9.74. The van der Waals surface area contributed by atoms with E-state index in [0.717, 1.165) is 35.3 Å². The van der Waals surface area contributed by atoms with Crippen LogP contribution in [0.4, 0.5) is 0 Å². The summed E-state index contributed by atoms with van der Waals surface area (Å²) in [6, 6.07) is 8.36. The Morgan fingerprint density at radius 1 is 1.30 bits per heavy atom. The lowest BCUT2D eigenvalue weighted by Crippen LogP contribution is -2.24. The van der Waals surface area contributed by atoms with Gasteiger partial charge < -0.3 is 9.30 Å². The van der Waals surface area contributed by atoms with Crippen molar-refractivity contribution in [3.63, 3.8) is 0 Å². The summed E-state index contributed by atoms with van der Waals surface area (Å²) in [4.78, 5) is 2.27. The van der Waals surface area contributed by atoms with Gasteiger partial charge in [-0.1, -0.05) is 0 Å². The highest BCUT2D eigenvalue weighted by molar-refractivity contribution is 5.86. The molecule has 0 amide bonds. The summed E-state index contributed by atoms with van der Waals surface area (Å²) in [5, 5.41) is 10.7. The minimum absolute atomic E-state index is 0.159. The first-order valence-corrected chi connectivity index (χ1v) is 7.01. The molecule has 3 rings (SSSR count). The number of rotatable bonds is 3. The number of hydrogen-bond acceptors (Lipinski definition) is 3. The maximum absolute atomic E-state index is 9.60. The van der Waals surface area contributed by atoms with Gasteiger partial charge in [-0.05, 0) is 44.1 Å². The third kappa shape index (κ3) is 2.04. The van der Waals surface area contributed by atoms with Crippen LogP contribution >= 0.6 is 0 Å². The predicted octanol–water partition coefficient (Wildman–Crippen LogP) is 2.85. The van der Waals surface area contributed by atoms with Crippen LogP contribution in [0.15, 0.2) is 24.4 Å². The highest BCUT2D eigenvalue weighted by atomic mass is 16.5. The lowest BCUT2D eigenvalue weighted by Gasteiger charge is -2.20. The van der Waals surface area contributed by atoms with Gasteiger partial charge in [0.2, 0.25) is 0 Å². The Bertz CT molecular complexity index is 662. The molecule has 0 radical (unpaired) electrons. The van der Waals surface area contributed by atoms with E-state index in [1.807, 2.05) is 19.2 Å². The minimum atomic E-state index is -0.159. The molecule has 0 saturated carbocycles. The van der Waals surface area contributed by atoms with Crippen molar-refractivity contribution < 1.29 is 4.74 Å².